The highest BCUT2D eigenvalue weighted by molar-refractivity contribution is 5.71. The number of ether oxygens (including phenoxy) is 3. The molecule has 0 amide bonds. The summed E-state index contributed by atoms with van der Waals surface area (Å²) in [6.45, 7) is 6.25. The molecule has 0 aliphatic carbocycles. The second-order valence-corrected chi connectivity index (χ2v) is 20.9. The maximum Gasteiger partial charge on any atom is 0.306 e. The molecule has 0 spiro atoms. The summed E-state index contributed by atoms with van der Waals surface area (Å²) in [5.41, 5.74) is 0. The van der Waals surface area contributed by atoms with Crippen molar-refractivity contribution in [3.05, 3.63) is 170 Å². The lowest BCUT2D eigenvalue weighted by molar-refractivity contribution is -0.167. The Labute approximate surface area is 498 Å². The van der Waals surface area contributed by atoms with Gasteiger partial charge >= 0.3 is 17.9 Å². The molecule has 0 aliphatic rings. The van der Waals surface area contributed by atoms with Crippen molar-refractivity contribution in [1.82, 2.24) is 0 Å². The summed E-state index contributed by atoms with van der Waals surface area (Å²) in [6, 6.07) is 0. The Morgan fingerprint density at radius 2 is 0.444 bits per heavy atom. The molecule has 1 unspecified atom stereocenters. The number of carbonyl (C=O) groups excluding carboxylic acids is 3. The first-order valence-electron chi connectivity index (χ1n) is 32.6. The van der Waals surface area contributed by atoms with Crippen LogP contribution in [0.15, 0.2) is 170 Å². The van der Waals surface area contributed by atoms with E-state index in [1.807, 2.05) is 0 Å². The maximum atomic E-state index is 12.9. The molecule has 0 aromatic carbocycles. The normalized spacial score (nSPS) is 13.3. The Kier molecular flexibility index (Phi) is 62.9. The van der Waals surface area contributed by atoms with E-state index in [-0.39, 0.29) is 31.1 Å². The minimum Gasteiger partial charge on any atom is -0.462 e. The van der Waals surface area contributed by atoms with Crippen molar-refractivity contribution in [2.75, 3.05) is 13.2 Å². The van der Waals surface area contributed by atoms with E-state index in [2.05, 4.69) is 191 Å². The first kappa shape index (κ1) is 75.8. The standard InChI is InChI=1S/C75H118O6/c1-4-7-10-13-16-19-22-25-28-30-32-34-36-37-39-40-42-44-47-50-53-56-59-62-65-68-74(77)80-71-72(70-79-73(76)67-64-61-58-55-52-49-46-27-24-21-18-15-12-9-6-3)81-75(78)69-66-63-60-57-54-51-48-45-43-41-38-35-33-31-29-26-23-20-17-14-11-8-5-2/h7-12,16-21,25-29,32-35,37,39,41,43,46,52,55,72H,4-6,13-15,22-24,30-31,36,38,40,42,44-45,47-51,53-54,56-71H2,1-3H3/b10-7-,11-8-,12-9-,19-16-,20-17-,21-18-,28-25-,29-26-,34-32-,35-33-,39-37-,43-41-,46-27-,55-52-. The molecule has 0 radical (unpaired) electrons. The third-order valence-electron chi connectivity index (χ3n) is 13.2. The maximum absolute atomic E-state index is 12.9. The van der Waals surface area contributed by atoms with Gasteiger partial charge in [-0.25, -0.2) is 0 Å². The fourth-order valence-corrected chi connectivity index (χ4v) is 8.43. The van der Waals surface area contributed by atoms with Crippen molar-refractivity contribution in [3.8, 4) is 0 Å². The molecule has 0 bridgehead atoms. The summed E-state index contributed by atoms with van der Waals surface area (Å²) in [6.07, 6.45) is 99.3. The third-order valence-corrected chi connectivity index (χ3v) is 13.2. The second kappa shape index (κ2) is 67.3. The van der Waals surface area contributed by atoms with Crippen LogP contribution in [0.5, 0.6) is 0 Å². The van der Waals surface area contributed by atoms with Gasteiger partial charge in [-0.2, -0.15) is 0 Å². The zero-order valence-corrected chi connectivity index (χ0v) is 52.0. The van der Waals surface area contributed by atoms with Crippen molar-refractivity contribution < 1.29 is 28.6 Å². The van der Waals surface area contributed by atoms with Crippen LogP contribution < -0.4 is 0 Å². The smallest absolute Gasteiger partial charge is 0.306 e. The van der Waals surface area contributed by atoms with Crippen molar-refractivity contribution in [2.45, 2.75) is 271 Å². The molecular formula is C75H118O6. The molecule has 0 heterocycles. The second-order valence-electron chi connectivity index (χ2n) is 20.9. The van der Waals surface area contributed by atoms with Crippen LogP contribution in [-0.2, 0) is 28.6 Å². The fourth-order valence-electron chi connectivity index (χ4n) is 8.43. The molecule has 0 aromatic heterocycles. The summed E-state index contributed by atoms with van der Waals surface area (Å²) in [7, 11) is 0. The predicted octanol–water partition coefficient (Wildman–Crippen LogP) is 22.7. The molecule has 0 saturated heterocycles. The van der Waals surface area contributed by atoms with Crippen molar-refractivity contribution in [3.63, 3.8) is 0 Å². The average Bonchev–Trinajstić information content (AvgIpc) is 3.47. The van der Waals surface area contributed by atoms with Gasteiger partial charge in [0.2, 0.25) is 0 Å². The molecule has 0 saturated carbocycles. The quantitative estimate of drug-likeness (QED) is 0.0261. The lowest BCUT2D eigenvalue weighted by atomic mass is 10.1. The largest absolute Gasteiger partial charge is 0.462 e. The van der Waals surface area contributed by atoms with Crippen LogP contribution in [0.1, 0.15) is 265 Å². The first-order chi connectivity index (χ1) is 40.0. The monoisotopic (exact) mass is 1110 g/mol. The van der Waals surface area contributed by atoms with E-state index in [4.69, 9.17) is 14.2 Å². The van der Waals surface area contributed by atoms with Crippen LogP contribution in [0, 0.1) is 0 Å². The van der Waals surface area contributed by atoms with E-state index in [0.717, 1.165) is 161 Å². The van der Waals surface area contributed by atoms with Crippen molar-refractivity contribution in [2.24, 2.45) is 0 Å². The van der Waals surface area contributed by atoms with Gasteiger partial charge in [0.15, 0.2) is 6.10 Å². The van der Waals surface area contributed by atoms with Gasteiger partial charge in [0.1, 0.15) is 13.2 Å². The molecule has 81 heavy (non-hydrogen) atoms. The predicted molar refractivity (Wildman–Crippen MR) is 352 cm³/mol. The van der Waals surface area contributed by atoms with Crippen LogP contribution in [0.4, 0.5) is 0 Å². The Morgan fingerprint density at radius 1 is 0.247 bits per heavy atom. The SMILES string of the molecule is CC/C=C\C/C=C\C/C=C\C/C=C\C/C=C\CCCCCCCCCCCC(=O)OCC(COC(=O)CCCC/C=C\C/C=C\C/C=C\C/C=C\CC)OC(=O)CCCCCCCCC/C=C\C/C=C\C/C=C\C/C=C\C/C=C\CC. The van der Waals surface area contributed by atoms with E-state index < -0.39 is 6.10 Å². The molecular weight excluding hydrogens is 997 g/mol. The summed E-state index contributed by atoms with van der Waals surface area (Å²) >= 11 is 0. The summed E-state index contributed by atoms with van der Waals surface area (Å²) in [5, 5.41) is 0. The lowest BCUT2D eigenvalue weighted by Crippen LogP contribution is -2.30. The van der Waals surface area contributed by atoms with Crippen LogP contribution in [0.25, 0.3) is 0 Å². The highest BCUT2D eigenvalue weighted by atomic mass is 16.6. The van der Waals surface area contributed by atoms with Gasteiger partial charge in [-0.05, 0) is 148 Å². The minimum atomic E-state index is -0.815. The number of rotatable bonds is 57. The molecule has 0 rings (SSSR count). The van der Waals surface area contributed by atoms with Crippen LogP contribution in [0.3, 0.4) is 0 Å². The number of hydrogen-bond donors (Lipinski definition) is 0. The lowest BCUT2D eigenvalue weighted by Gasteiger charge is -2.18. The van der Waals surface area contributed by atoms with Gasteiger partial charge in [-0.3, -0.25) is 14.4 Å². The molecule has 0 N–H and O–H groups in total. The van der Waals surface area contributed by atoms with Crippen LogP contribution in [0.2, 0.25) is 0 Å². The van der Waals surface area contributed by atoms with Crippen molar-refractivity contribution >= 4 is 17.9 Å². The number of allylic oxidation sites excluding steroid dienone is 28. The number of carbonyl (C=O) groups is 3. The Hall–Kier alpha value is -5.23. The van der Waals surface area contributed by atoms with E-state index >= 15 is 0 Å². The fraction of sp³-hybridized carbons (Fsp3) is 0.587. The highest BCUT2D eigenvalue weighted by Crippen LogP contribution is 2.15. The van der Waals surface area contributed by atoms with E-state index in [0.29, 0.717) is 25.7 Å². The zero-order valence-electron chi connectivity index (χ0n) is 52.0. The first-order valence-corrected chi connectivity index (χ1v) is 32.6. The Bertz CT molecular complexity index is 1860. The van der Waals surface area contributed by atoms with Gasteiger partial charge in [0.05, 0.1) is 0 Å². The van der Waals surface area contributed by atoms with Gasteiger partial charge in [0.25, 0.3) is 0 Å². The highest BCUT2D eigenvalue weighted by Gasteiger charge is 2.19. The molecule has 454 valence electrons. The minimum absolute atomic E-state index is 0.107. The van der Waals surface area contributed by atoms with E-state index in [1.54, 1.807) is 0 Å². The van der Waals surface area contributed by atoms with E-state index in [9.17, 15) is 14.4 Å². The summed E-state index contributed by atoms with van der Waals surface area (Å²) < 4.78 is 16.9. The van der Waals surface area contributed by atoms with Gasteiger partial charge in [-0.1, -0.05) is 268 Å². The topological polar surface area (TPSA) is 78.9 Å². The Morgan fingerprint density at radius 3 is 0.716 bits per heavy atom. The molecule has 1 atom stereocenters. The van der Waals surface area contributed by atoms with Crippen LogP contribution in [-0.4, -0.2) is 37.2 Å². The Balaban J connectivity index is 4.46. The third kappa shape index (κ3) is 65.5. The number of unbranched alkanes of at least 4 members (excludes halogenated alkanes) is 18. The van der Waals surface area contributed by atoms with Crippen LogP contribution >= 0.6 is 0 Å². The van der Waals surface area contributed by atoms with Gasteiger partial charge < -0.3 is 14.2 Å². The summed E-state index contributed by atoms with van der Waals surface area (Å²) in [4.78, 5) is 38.4. The van der Waals surface area contributed by atoms with Crippen molar-refractivity contribution in [1.29, 1.82) is 0 Å². The van der Waals surface area contributed by atoms with Gasteiger partial charge in [0, 0.05) is 19.3 Å². The molecule has 0 aliphatic heterocycles. The molecule has 6 heteroatoms. The van der Waals surface area contributed by atoms with E-state index in [1.165, 1.54) is 57.8 Å². The molecule has 0 aromatic rings. The number of hydrogen-bond acceptors (Lipinski definition) is 6. The number of esters is 3. The molecule has 0 fully saturated rings. The summed E-state index contributed by atoms with van der Waals surface area (Å²) in [5.74, 6) is -0.970. The molecule has 6 nitrogen and oxygen atoms in total. The zero-order chi connectivity index (χ0) is 58.5. The average molecular weight is 1120 g/mol. The van der Waals surface area contributed by atoms with Gasteiger partial charge in [-0.15, -0.1) is 0 Å².